The molecule has 2 fully saturated rings. The number of Topliss-reactive ketones (excluding diaryl/α,β-unsaturated/α-hetero) is 1. The molecular weight excluding hydrogens is 362 g/mol. The van der Waals surface area contributed by atoms with Crippen LogP contribution in [0.15, 0.2) is 24.3 Å². The van der Waals surface area contributed by atoms with E-state index in [9.17, 15) is 29.4 Å². The van der Waals surface area contributed by atoms with E-state index >= 15 is 0 Å². The largest absolute Gasteiger partial charge is 0.481 e. The number of hydrogen-bond donors (Lipinski definition) is 3. The Balaban J connectivity index is 1.93. The number of hydrogen-bond acceptors (Lipinski definition) is 4. The lowest BCUT2D eigenvalue weighted by atomic mass is 9.80. The highest BCUT2D eigenvalue weighted by atomic mass is 16.4. The first-order valence-corrected chi connectivity index (χ1v) is 9.50. The van der Waals surface area contributed by atoms with Crippen molar-refractivity contribution in [3.63, 3.8) is 0 Å². The lowest BCUT2D eigenvalue weighted by Crippen LogP contribution is -2.35. The summed E-state index contributed by atoms with van der Waals surface area (Å²) >= 11 is 0. The Morgan fingerprint density at radius 1 is 0.964 bits per heavy atom. The highest BCUT2D eigenvalue weighted by Crippen LogP contribution is 2.57. The number of carboxylic acid groups (broad SMARTS) is 2. The Morgan fingerprint density at radius 2 is 1.54 bits per heavy atom. The first-order chi connectivity index (χ1) is 13.2. The van der Waals surface area contributed by atoms with E-state index in [1.54, 1.807) is 0 Å². The van der Waals surface area contributed by atoms with Gasteiger partial charge in [-0.3, -0.25) is 19.2 Å². The van der Waals surface area contributed by atoms with Gasteiger partial charge in [0, 0.05) is 25.3 Å². The fraction of sp³-hybridized carbons (Fsp3) is 0.524. The molecule has 3 N–H and O–H groups in total. The Hall–Kier alpha value is -2.70. The number of benzene rings is 1. The van der Waals surface area contributed by atoms with Crippen LogP contribution in [0.1, 0.15) is 24.0 Å². The van der Waals surface area contributed by atoms with Crippen molar-refractivity contribution in [2.24, 2.45) is 35.5 Å². The van der Waals surface area contributed by atoms with Crippen LogP contribution in [-0.2, 0) is 25.6 Å². The van der Waals surface area contributed by atoms with Crippen LogP contribution in [0.2, 0.25) is 0 Å². The molecule has 2 saturated carbocycles. The standard InChI is InChI=1S/C21H25NO6/c1-10-4-3-5-11(6-10)7-16(23)12-8-14(20(25)26)18-13(19(24)22-2)9-15(17(12)18)21(27)28/h3-6,12-15,17-18H,7-9H2,1-2H3,(H,22,24)(H,25,26)(H,27,28). The predicted octanol–water partition coefficient (Wildman–Crippen LogP) is 1.53. The zero-order valence-electron chi connectivity index (χ0n) is 15.9. The molecule has 3 rings (SSSR count). The van der Waals surface area contributed by atoms with Gasteiger partial charge < -0.3 is 15.5 Å². The molecule has 0 spiro atoms. The van der Waals surface area contributed by atoms with Gasteiger partial charge in [-0.25, -0.2) is 0 Å². The van der Waals surface area contributed by atoms with Crippen molar-refractivity contribution in [2.75, 3.05) is 7.05 Å². The van der Waals surface area contributed by atoms with Crippen LogP contribution in [0.3, 0.4) is 0 Å². The summed E-state index contributed by atoms with van der Waals surface area (Å²) in [5, 5.41) is 21.9. The second kappa shape index (κ2) is 7.73. The monoisotopic (exact) mass is 387 g/mol. The van der Waals surface area contributed by atoms with Crippen LogP contribution in [0.4, 0.5) is 0 Å². The number of aryl methyl sites for hydroxylation is 1. The molecule has 1 amide bonds. The number of amides is 1. The molecule has 6 atom stereocenters. The van der Waals surface area contributed by atoms with Crippen LogP contribution in [-0.4, -0.2) is 40.9 Å². The number of carbonyl (C=O) groups is 4. The molecular formula is C21H25NO6. The van der Waals surface area contributed by atoms with E-state index in [1.165, 1.54) is 7.05 Å². The summed E-state index contributed by atoms with van der Waals surface area (Å²) in [6.07, 6.45) is 0.299. The van der Waals surface area contributed by atoms with Crippen LogP contribution in [0.5, 0.6) is 0 Å². The summed E-state index contributed by atoms with van der Waals surface area (Å²) in [7, 11) is 1.45. The first-order valence-electron chi connectivity index (χ1n) is 9.50. The molecule has 6 unspecified atom stereocenters. The summed E-state index contributed by atoms with van der Waals surface area (Å²) < 4.78 is 0. The van der Waals surface area contributed by atoms with E-state index in [2.05, 4.69) is 5.32 Å². The van der Waals surface area contributed by atoms with E-state index in [0.29, 0.717) is 0 Å². The lowest BCUT2D eigenvalue weighted by molar-refractivity contribution is -0.146. The minimum Gasteiger partial charge on any atom is -0.481 e. The molecule has 1 aromatic carbocycles. The number of rotatable bonds is 6. The number of carbonyl (C=O) groups excluding carboxylic acids is 2. The number of carboxylic acids is 2. The van der Waals surface area contributed by atoms with Crippen molar-refractivity contribution in [2.45, 2.75) is 26.2 Å². The molecule has 7 nitrogen and oxygen atoms in total. The second-order valence-electron chi connectivity index (χ2n) is 7.97. The van der Waals surface area contributed by atoms with Crippen LogP contribution in [0, 0.1) is 42.4 Å². The van der Waals surface area contributed by atoms with Crippen molar-refractivity contribution >= 4 is 23.6 Å². The third kappa shape index (κ3) is 3.53. The maximum Gasteiger partial charge on any atom is 0.306 e. The molecule has 0 radical (unpaired) electrons. The molecule has 2 aliphatic carbocycles. The van der Waals surface area contributed by atoms with Crippen molar-refractivity contribution in [1.29, 1.82) is 0 Å². The molecule has 7 heteroatoms. The van der Waals surface area contributed by atoms with Crippen LogP contribution < -0.4 is 5.32 Å². The molecule has 0 saturated heterocycles. The summed E-state index contributed by atoms with van der Waals surface area (Å²) in [6.45, 7) is 1.92. The zero-order valence-corrected chi connectivity index (χ0v) is 15.9. The molecule has 150 valence electrons. The van der Waals surface area contributed by atoms with Gasteiger partial charge in [-0.1, -0.05) is 29.8 Å². The maximum atomic E-state index is 13.1. The predicted molar refractivity (Wildman–Crippen MR) is 99.4 cm³/mol. The second-order valence-corrected chi connectivity index (χ2v) is 7.97. The smallest absolute Gasteiger partial charge is 0.306 e. The van der Waals surface area contributed by atoms with Gasteiger partial charge in [-0.05, 0) is 37.2 Å². The zero-order chi connectivity index (χ0) is 20.6. The number of aliphatic carboxylic acids is 2. The molecule has 0 aromatic heterocycles. The van der Waals surface area contributed by atoms with Crippen molar-refractivity contribution in [1.82, 2.24) is 5.32 Å². The van der Waals surface area contributed by atoms with Gasteiger partial charge in [-0.15, -0.1) is 0 Å². The van der Waals surface area contributed by atoms with Gasteiger partial charge in [0.1, 0.15) is 5.78 Å². The van der Waals surface area contributed by atoms with E-state index in [1.807, 2.05) is 31.2 Å². The quantitative estimate of drug-likeness (QED) is 0.681. The number of nitrogens with one attached hydrogen (secondary N) is 1. The Kier molecular flexibility index (Phi) is 5.54. The Labute approximate surface area is 163 Å². The minimum atomic E-state index is -1.07. The fourth-order valence-electron chi connectivity index (χ4n) is 5.31. The van der Waals surface area contributed by atoms with E-state index in [-0.39, 0.29) is 31.0 Å². The maximum absolute atomic E-state index is 13.1. The third-order valence-corrected chi connectivity index (χ3v) is 6.41. The van der Waals surface area contributed by atoms with E-state index < -0.39 is 47.4 Å². The fourth-order valence-corrected chi connectivity index (χ4v) is 5.31. The van der Waals surface area contributed by atoms with Gasteiger partial charge in [0.2, 0.25) is 5.91 Å². The summed E-state index contributed by atoms with van der Waals surface area (Å²) in [6, 6.07) is 7.51. The molecule has 0 aliphatic heterocycles. The SMILES string of the molecule is CNC(=O)C1CC(C(=O)O)C2C(C(=O)Cc3cccc(C)c3)CC(C(=O)O)C12. The molecule has 2 aliphatic rings. The normalized spacial score (nSPS) is 31.2. The highest BCUT2D eigenvalue weighted by Gasteiger charge is 2.61. The Morgan fingerprint density at radius 3 is 2.07 bits per heavy atom. The van der Waals surface area contributed by atoms with Gasteiger partial charge in [0.15, 0.2) is 0 Å². The third-order valence-electron chi connectivity index (χ3n) is 6.41. The van der Waals surface area contributed by atoms with Crippen molar-refractivity contribution < 1.29 is 29.4 Å². The average molecular weight is 387 g/mol. The topological polar surface area (TPSA) is 121 Å². The average Bonchev–Trinajstić information content (AvgIpc) is 3.19. The Bertz CT molecular complexity index is 807. The van der Waals surface area contributed by atoms with Crippen LogP contribution >= 0.6 is 0 Å². The minimum absolute atomic E-state index is 0.0718. The molecule has 28 heavy (non-hydrogen) atoms. The van der Waals surface area contributed by atoms with Gasteiger partial charge in [0.25, 0.3) is 0 Å². The van der Waals surface area contributed by atoms with Crippen LogP contribution in [0.25, 0.3) is 0 Å². The summed E-state index contributed by atoms with van der Waals surface area (Å²) in [5.41, 5.74) is 1.84. The van der Waals surface area contributed by atoms with Gasteiger partial charge in [-0.2, -0.15) is 0 Å². The first kappa shape index (κ1) is 20.0. The summed E-state index contributed by atoms with van der Waals surface area (Å²) in [4.78, 5) is 49.1. The van der Waals surface area contributed by atoms with Crippen molar-refractivity contribution in [3.8, 4) is 0 Å². The van der Waals surface area contributed by atoms with E-state index in [0.717, 1.165) is 11.1 Å². The molecule has 1 aromatic rings. The van der Waals surface area contributed by atoms with Crippen molar-refractivity contribution in [3.05, 3.63) is 35.4 Å². The highest BCUT2D eigenvalue weighted by molar-refractivity contribution is 5.88. The molecule has 0 bridgehead atoms. The lowest BCUT2D eigenvalue weighted by Gasteiger charge is -2.23. The van der Waals surface area contributed by atoms with Gasteiger partial charge >= 0.3 is 11.9 Å². The van der Waals surface area contributed by atoms with Gasteiger partial charge in [0.05, 0.1) is 11.8 Å². The summed E-state index contributed by atoms with van der Waals surface area (Å²) in [5.74, 6) is -7.03. The molecule has 0 heterocycles. The number of ketones is 1. The number of fused-ring (bicyclic) bond motifs is 1. The van der Waals surface area contributed by atoms with E-state index in [4.69, 9.17) is 0 Å².